The lowest BCUT2D eigenvalue weighted by Gasteiger charge is -2.44. The van der Waals surface area contributed by atoms with E-state index < -0.39 is 0 Å². The maximum absolute atomic E-state index is 12.5. The molecule has 3 rings (SSSR count). The lowest BCUT2D eigenvalue weighted by molar-refractivity contribution is -0.0145. The fourth-order valence-corrected chi connectivity index (χ4v) is 4.43. The Hall–Kier alpha value is -0.850. The zero-order valence-corrected chi connectivity index (χ0v) is 15.1. The van der Waals surface area contributed by atoms with Crippen LogP contribution in [-0.4, -0.2) is 81.5 Å². The Labute approximate surface area is 145 Å². The molecule has 0 aliphatic carbocycles. The molecule has 0 aromatic carbocycles. The minimum absolute atomic E-state index is 0.121. The van der Waals surface area contributed by atoms with E-state index >= 15 is 0 Å². The van der Waals surface area contributed by atoms with E-state index in [0.717, 1.165) is 65.4 Å². The highest BCUT2D eigenvalue weighted by Crippen LogP contribution is 2.40. The first-order valence-electron chi connectivity index (χ1n) is 9.56. The second-order valence-electron chi connectivity index (χ2n) is 7.61. The van der Waals surface area contributed by atoms with Crippen molar-refractivity contribution in [1.29, 1.82) is 0 Å². The molecule has 3 saturated heterocycles. The van der Waals surface area contributed by atoms with Gasteiger partial charge in [-0.3, -0.25) is 4.90 Å². The highest BCUT2D eigenvalue weighted by molar-refractivity contribution is 5.74. The number of carbonyl (C=O) groups excluding carboxylic acids is 1. The molecule has 6 nitrogen and oxygen atoms in total. The predicted octanol–water partition coefficient (Wildman–Crippen LogP) is 1.70. The quantitative estimate of drug-likeness (QED) is 0.828. The van der Waals surface area contributed by atoms with E-state index in [4.69, 9.17) is 9.47 Å². The number of ether oxygens (including phenoxy) is 2. The highest BCUT2D eigenvalue weighted by Gasteiger charge is 2.37. The van der Waals surface area contributed by atoms with Gasteiger partial charge >= 0.3 is 6.03 Å². The average Bonchev–Trinajstić information content (AvgIpc) is 3.06. The van der Waals surface area contributed by atoms with Crippen molar-refractivity contribution in [2.75, 3.05) is 59.7 Å². The highest BCUT2D eigenvalue weighted by atomic mass is 16.5. The van der Waals surface area contributed by atoms with Gasteiger partial charge in [0.15, 0.2) is 0 Å². The van der Waals surface area contributed by atoms with Gasteiger partial charge in [0.25, 0.3) is 0 Å². The molecular weight excluding hydrogens is 306 g/mol. The van der Waals surface area contributed by atoms with Gasteiger partial charge in [-0.15, -0.1) is 0 Å². The SMILES string of the molecule is COCCN1CCCC1CNC(=O)N1CCC2(CCOCC2)CC1. The maximum Gasteiger partial charge on any atom is 0.317 e. The summed E-state index contributed by atoms with van der Waals surface area (Å²) in [5.74, 6) is 0. The van der Waals surface area contributed by atoms with Gasteiger partial charge in [-0.1, -0.05) is 0 Å². The molecule has 0 saturated carbocycles. The first-order valence-corrected chi connectivity index (χ1v) is 9.56. The van der Waals surface area contributed by atoms with Crippen LogP contribution in [0.1, 0.15) is 38.5 Å². The molecule has 2 amide bonds. The smallest absolute Gasteiger partial charge is 0.317 e. The third-order valence-corrected chi connectivity index (χ3v) is 6.24. The maximum atomic E-state index is 12.5. The van der Waals surface area contributed by atoms with Crippen LogP contribution >= 0.6 is 0 Å². The summed E-state index contributed by atoms with van der Waals surface area (Å²) in [7, 11) is 1.74. The molecule has 0 bridgehead atoms. The number of amides is 2. The van der Waals surface area contributed by atoms with Crippen LogP contribution in [0.15, 0.2) is 0 Å². The van der Waals surface area contributed by atoms with Crippen molar-refractivity contribution < 1.29 is 14.3 Å². The fraction of sp³-hybridized carbons (Fsp3) is 0.944. The zero-order chi connectivity index (χ0) is 16.8. The summed E-state index contributed by atoms with van der Waals surface area (Å²) in [6, 6.07) is 0.589. The van der Waals surface area contributed by atoms with Crippen LogP contribution in [0.5, 0.6) is 0 Å². The van der Waals surface area contributed by atoms with Gasteiger partial charge in [0, 0.05) is 52.5 Å². The summed E-state index contributed by atoms with van der Waals surface area (Å²) < 4.78 is 10.7. The van der Waals surface area contributed by atoms with Crippen LogP contribution in [0.25, 0.3) is 0 Å². The molecule has 3 aliphatic heterocycles. The molecule has 1 N–H and O–H groups in total. The standard InChI is InChI=1S/C18H33N3O3/c1-23-14-11-20-8-2-3-16(20)15-19-17(22)21-9-4-18(5-10-21)6-12-24-13-7-18/h16H,2-15H2,1H3,(H,19,22). The normalized spacial score (nSPS) is 27.5. The topological polar surface area (TPSA) is 54.0 Å². The Morgan fingerprint density at radius 1 is 1.21 bits per heavy atom. The van der Waals surface area contributed by atoms with E-state index in [9.17, 15) is 4.79 Å². The van der Waals surface area contributed by atoms with Crippen LogP contribution in [0.3, 0.4) is 0 Å². The molecule has 0 aromatic heterocycles. The summed E-state index contributed by atoms with van der Waals surface area (Å²) in [4.78, 5) is 16.9. The molecule has 3 heterocycles. The van der Waals surface area contributed by atoms with Gasteiger partial charge in [-0.05, 0) is 50.5 Å². The largest absolute Gasteiger partial charge is 0.383 e. The fourth-order valence-electron chi connectivity index (χ4n) is 4.43. The number of urea groups is 1. The average molecular weight is 339 g/mol. The zero-order valence-electron chi connectivity index (χ0n) is 15.1. The molecule has 24 heavy (non-hydrogen) atoms. The molecule has 3 fully saturated rings. The van der Waals surface area contributed by atoms with Gasteiger partial charge in [0.05, 0.1) is 6.61 Å². The van der Waals surface area contributed by atoms with Crippen molar-refractivity contribution in [3.63, 3.8) is 0 Å². The second kappa shape index (κ2) is 8.50. The summed E-state index contributed by atoms with van der Waals surface area (Å²) >= 11 is 0. The van der Waals surface area contributed by atoms with Crippen molar-refractivity contribution in [1.82, 2.24) is 15.1 Å². The predicted molar refractivity (Wildman–Crippen MR) is 93.2 cm³/mol. The number of hydrogen-bond acceptors (Lipinski definition) is 4. The van der Waals surface area contributed by atoms with Gasteiger partial charge in [0.2, 0.25) is 0 Å². The summed E-state index contributed by atoms with van der Waals surface area (Å²) in [5, 5.41) is 3.17. The van der Waals surface area contributed by atoms with E-state index in [-0.39, 0.29) is 6.03 Å². The Morgan fingerprint density at radius 2 is 1.96 bits per heavy atom. The van der Waals surface area contributed by atoms with Gasteiger partial charge in [0.1, 0.15) is 0 Å². The summed E-state index contributed by atoms with van der Waals surface area (Å²) in [6.07, 6.45) is 6.99. The van der Waals surface area contributed by atoms with E-state index in [1.54, 1.807) is 7.11 Å². The van der Waals surface area contributed by atoms with Crippen molar-refractivity contribution >= 4 is 6.03 Å². The number of rotatable bonds is 5. The number of likely N-dealkylation sites (tertiary alicyclic amines) is 2. The third kappa shape index (κ3) is 4.41. The number of nitrogens with zero attached hydrogens (tertiary/aromatic N) is 2. The van der Waals surface area contributed by atoms with Crippen LogP contribution in [0.2, 0.25) is 0 Å². The minimum Gasteiger partial charge on any atom is -0.383 e. The summed E-state index contributed by atoms with van der Waals surface area (Å²) in [5.41, 5.74) is 0.442. The minimum atomic E-state index is 0.121. The Morgan fingerprint density at radius 3 is 2.67 bits per heavy atom. The van der Waals surface area contributed by atoms with E-state index in [1.807, 2.05) is 4.90 Å². The molecule has 0 radical (unpaired) electrons. The molecule has 138 valence electrons. The molecule has 3 aliphatic rings. The number of nitrogens with one attached hydrogen (secondary N) is 1. The van der Waals surface area contributed by atoms with Crippen LogP contribution in [0.4, 0.5) is 4.79 Å². The van der Waals surface area contributed by atoms with Gasteiger partial charge in [-0.2, -0.15) is 0 Å². The van der Waals surface area contributed by atoms with Gasteiger partial charge in [-0.25, -0.2) is 4.79 Å². The lowest BCUT2D eigenvalue weighted by atomic mass is 9.72. The summed E-state index contributed by atoms with van der Waals surface area (Å²) in [6.45, 7) is 7.19. The van der Waals surface area contributed by atoms with Crippen LogP contribution in [0, 0.1) is 5.41 Å². The number of methoxy groups -OCH3 is 1. The van der Waals surface area contributed by atoms with Crippen molar-refractivity contribution in [3.05, 3.63) is 0 Å². The van der Waals surface area contributed by atoms with Crippen LogP contribution in [-0.2, 0) is 9.47 Å². The monoisotopic (exact) mass is 339 g/mol. The van der Waals surface area contributed by atoms with Gasteiger partial charge < -0.3 is 19.7 Å². The first kappa shape index (κ1) is 18.0. The van der Waals surface area contributed by atoms with Crippen molar-refractivity contribution in [3.8, 4) is 0 Å². The van der Waals surface area contributed by atoms with E-state index in [1.165, 1.54) is 25.7 Å². The molecule has 1 unspecified atom stereocenters. The van der Waals surface area contributed by atoms with Crippen LogP contribution < -0.4 is 5.32 Å². The Balaban J connectivity index is 1.39. The number of carbonyl (C=O) groups is 1. The second-order valence-corrected chi connectivity index (χ2v) is 7.61. The number of hydrogen-bond donors (Lipinski definition) is 1. The van der Waals surface area contributed by atoms with Crippen molar-refractivity contribution in [2.24, 2.45) is 5.41 Å². The van der Waals surface area contributed by atoms with E-state index in [2.05, 4.69) is 10.2 Å². The molecular formula is C18H33N3O3. The molecule has 6 heteroatoms. The lowest BCUT2D eigenvalue weighted by Crippen LogP contribution is -2.50. The molecule has 0 aromatic rings. The van der Waals surface area contributed by atoms with Crippen molar-refractivity contribution in [2.45, 2.75) is 44.6 Å². The Bertz CT molecular complexity index is 402. The first-order chi connectivity index (χ1) is 11.7. The third-order valence-electron chi connectivity index (χ3n) is 6.24. The molecule has 1 atom stereocenters. The number of piperidine rings is 1. The van der Waals surface area contributed by atoms with E-state index in [0.29, 0.717) is 11.5 Å². The Kier molecular flexibility index (Phi) is 6.36. The molecule has 1 spiro atoms.